The first kappa shape index (κ1) is 13.3. The molecule has 1 aromatic heterocycles. The summed E-state index contributed by atoms with van der Waals surface area (Å²) in [6.07, 6.45) is 1.64. The predicted molar refractivity (Wildman–Crippen MR) is 70.5 cm³/mol. The second-order valence-electron chi connectivity index (χ2n) is 4.05. The van der Waals surface area contributed by atoms with Gasteiger partial charge in [0.1, 0.15) is 5.82 Å². The number of rotatable bonds is 5. The number of nitrogens with two attached hydrogens (primary N) is 1. The van der Waals surface area contributed by atoms with Crippen LogP contribution in [0, 0.1) is 5.92 Å². The summed E-state index contributed by atoms with van der Waals surface area (Å²) in [5.74, 6) is 1.26. The van der Waals surface area contributed by atoms with Crippen LogP contribution in [0.4, 0.5) is 11.5 Å². The van der Waals surface area contributed by atoms with Crippen molar-refractivity contribution < 1.29 is 4.74 Å². The Balaban J connectivity index is 2.77. The van der Waals surface area contributed by atoms with Gasteiger partial charge in [0.25, 0.3) is 0 Å². The van der Waals surface area contributed by atoms with E-state index in [0.717, 1.165) is 10.3 Å². The van der Waals surface area contributed by atoms with E-state index in [4.69, 9.17) is 10.5 Å². The first-order valence-electron chi connectivity index (χ1n) is 5.21. The highest BCUT2D eigenvalue weighted by Crippen LogP contribution is 2.23. The Labute approximate surface area is 105 Å². The highest BCUT2D eigenvalue weighted by atomic mass is 79.9. The minimum atomic E-state index is 0.234. The molecule has 1 aromatic rings. The standard InChI is InChI=1S/C11H18BrN3O/c1-7(2)10(6-16-3)15-11-9(12)4-8(13)5-14-11/h4-5,7,10H,6,13H2,1-3H3,(H,14,15). The fraction of sp³-hybridized carbons (Fsp3) is 0.545. The molecule has 3 N–H and O–H groups in total. The van der Waals surface area contributed by atoms with Crippen LogP contribution in [-0.2, 0) is 4.74 Å². The monoisotopic (exact) mass is 287 g/mol. The van der Waals surface area contributed by atoms with Gasteiger partial charge < -0.3 is 15.8 Å². The van der Waals surface area contributed by atoms with E-state index in [-0.39, 0.29) is 6.04 Å². The van der Waals surface area contributed by atoms with Crippen LogP contribution < -0.4 is 11.1 Å². The first-order valence-corrected chi connectivity index (χ1v) is 6.00. The summed E-state index contributed by atoms with van der Waals surface area (Å²) in [5, 5.41) is 3.34. The molecule has 0 amide bonds. The quantitative estimate of drug-likeness (QED) is 0.874. The second-order valence-corrected chi connectivity index (χ2v) is 4.90. The molecule has 16 heavy (non-hydrogen) atoms. The summed E-state index contributed by atoms with van der Waals surface area (Å²) < 4.78 is 6.04. The Morgan fingerprint density at radius 1 is 1.56 bits per heavy atom. The molecular weight excluding hydrogens is 270 g/mol. The third-order valence-electron chi connectivity index (χ3n) is 2.34. The van der Waals surface area contributed by atoms with Crippen molar-refractivity contribution in [1.29, 1.82) is 0 Å². The maximum atomic E-state index is 5.63. The summed E-state index contributed by atoms with van der Waals surface area (Å²) in [6, 6.07) is 2.07. The number of nitrogens with zero attached hydrogens (tertiary/aromatic N) is 1. The van der Waals surface area contributed by atoms with Crippen LogP contribution in [0.1, 0.15) is 13.8 Å². The van der Waals surface area contributed by atoms with Crippen LogP contribution in [0.25, 0.3) is 0 Å². The van der Waals surface area contributed by atoms with Crippen LogP contribution in [0.2, 0.25) is 0 Å². The van der Waals surface area contributed by atoms with Crippen LogP contribution in [0.3, 0.4) is 0 Å². The summed E-state index contributed by atoms with van der Waals surface area (Å²) >= 11 is 3.43. The maximum Gasteiger partial charge on any atom is 0.140 e. The van der Waals surface area contributed by atoms with Gasteiger partial charge in [-0.2, -0.15) is 0 Å². The molecular formula is C11H18BrN3O. The smallest absolute Gasteiger partial charge is 0.140 e. The molecule has 5 heteroatoms. The highest BCUT2D eigenvalue weighted by Gasteiger charge is 2.14. The van der Waals surface area contributed by atoms with Gasteiger partial charge in [0.05, 0.1) is 29.0 Å². The van der Waals surface area contributed by atoms with Gasteiger partial charge in [-0.15, -0.1) is 0 Å². The number of methoxy groups -OCH3 is 1. The van der Waals surface area contributed by atoms with E-state index >= 15 is 0 Å². The van der Waals surface area contributed by atoms with Gasteiger partial charge in [-0.25, -0.2) is 4.98 Å². The molecule has 90 valence electrons. The molecule has 1 atom stereocenters. The molecule has 0 aliphatic heterocycles. The third kappa shape index (κ3) is 3.64. The Morgan fingerprint density at radius 2 is 2.25 bits per heavy atom. The zero-order chi connectivity index (χ0) is 12.1. The topological polar surface area (TPSA) is 60.2 Å². The molecule has 0 aromatic carbocycles. The molecule has 0 fully saturated rings. The van der Waals surface area contributed by atoms with Crippen molar-refractivity contribution in [3.05, 3.63) is 16.7 Å². The number of anilines is 2. The van der Waals surface area contributed by atoms with Crippen LogP contribution in [0.5, 0.6) is 0 Å². The Bertz CT molecular complexity index is 344. The average molecular weight is 288 g/mol. The van der Waals surface area contributed by atoms with E-state index < -0.39 is 0 Å². The summed E-state index contributed by atoms with van der Waals surface area (Å²) in [5.41, 5.74) is 6.28. The molecule has 1 unspecified atom stereocenters. The SMILES string of the molecule is COCC(Nc1ncc(N)cc1Br)C(C)C. The molecule has 0 saturated heterocycles. The Kier molecular flexibility index (Phi) is 5.02. The number of aromatic nitrogens is 1. The number of hydrogen-bond donors (Lipinski definition) is 2. The largest absolute Gasteiger partial charge is 0.397 e. The van der Waals surface area contributed by atoms with Crippen molar-refractivity contribution >= 4 is 27.4 Å². The average Bonchev–Trinajstić information content (AvgIpc) is 2.20. The van der Waals surface area contributed by atoms with E-state index in [2.05, 4.69) is 40.1 Å². The Hall–Kier alpha value is -0.810. The lowest BCUT2D eigenvalue weighted by Gasteiger charge is -2.22. The summed E-state index contributed by atoms with van der Waals surface area (Å²) in [7, 11) is 1.70. The zero-order valence-corrected chi connectivity index (χ0v) is 11.4. The molecule has 1 rings (SSSR count). The number of nitrogen functional groups attached to an aromatic ring is 1. The van der Waals surface area contributed by atoms with Gasteiger partial charge in [0, 0.05) is 7.11 Å². The van der Waals surface area contributed by atoms with Crippen molar-refractivity contribution in [3.63, 3.8) is 0 Å². The van der Waals surface area contributed by atoms with E-state index in [1.54, 1.807) is 13.3 Å². The Morgan fingerprint density at radius 3 is 2.75 bits per heavy atom. The zero-order valence-electron chi connectivity index (χ0n) is 9.83. The van der Waals surface area contributed by atoms with E-state index in [1.807, 2.05) is 6.07 Å². The van der Waals surface area contributed by atoms with E-state index in [9.17, 15) is 0 Å². The van der Waals surface area contributed by atoms with E-state index in [1.165, 1.54) is 0 Å². The molecule has 0 bridgehead atoms. The van der Waals surface area contributed by atoms with Gasteiger partial charge in [-0.05, 0) is 27.9 Å². The molecule has 1 heterocycles. The maximum absolute atomic E-state index is 5.63. The van der Waals surface area contributed by atoms with Crippen LogP contribution >= 0.6 is 15.9 Å². The summed E-state index contributed by atoms with van der Waals surface area (Å²) in [4.78, 5) is 4.24. The van der Waals surface area contributed by atoms with Gasteiger partial charge in [-0.3, -0.25) is 0 Å². The lowest BCUT2D eigenvalue weighted by molar-refractivity contribution is 0.171. The van der Waals surface area contributed by atoms with Crippen molar-refractivity contribution in [3.8, 4) is 0 Å². The van der Waals surface area contributed by atoms with Crippen LogP contribution in [0.15, 0.2) is 16.7 Å². The van der Waals surface area contributed by atoms with E-state index in [0.29, 0.717) is 18.2 Å². The van der Waals surface area contributed by atoms with Gasteiger partial charge in [-0.1, -0.05) is 13.8 Å². The third-order valence-corrected chi connectivity index (χ3v) is 2.94. The van der Waals surface area contributed by atoms with Crippen molar-refractivity contribution in [2.24, 2.45) is 5.92 Å². The number of pyridine rings is 1. The normalized spacial score (nSPS) is 12.8. The molecule has 0 aliphatic carbocycles. The second kappa shape index (κ2) is 6.06. The van der Waals surface area contributed by atoms with Crippen molar-refractivity contribution in [2.45, 2.75) is 19.9 Å². The van der Waals surface area contributed by atoms with Gasteiger partial charge in [0.2, 0.25) is 0 Å². The van der Waals surface area contributed by atoms with Crippen LogP contribution in [-0.4, -0.2) is 24.7 Å². The molecule has 0 spiro atoms. The van der Waals surface area contributed by atoms with Crippen molar-refractivity contribution in [1.82, 2.24) is 4.98 Å². The number of ether oxygens (including phenoxy) is 1. The minimum absolute atomic E-state index is 0.234. The molecule has 0 aliphatic rings. The molecule has 0 saturated carbocycles. The lowest BCUT2D eigenvalue weighted by atomic mass is 10.1. The first-order chi connectivity index (χ1) is 7.54. The lowest BCUT2D eigenvalue weighted by Crippen LogP contribution is -2.31. The van der Waals surface area contributed by atoms with Gasteiger partial charge in [0.15, 0.2) is 0 Å². The van der Waals surface area contributed by atoms with Gasteiger partial charge >= 0.3 is 0 Å². The summed E-state index contributed by atoms with van der Waals surface area (Å²) in [6.45, 7) is 4.93. The number of nitrogens with one attached hydrogen (secondary N) is 1. The predicted octanol–water partition coefficient (Wildman–Crippen LogP) is 2.51. The number of halogens is 1. The minimum Gasteiger partial charge on any atom is -0.397 e. The molecule has 4 nitrogen and oxygen atoms in total. The fourth-order valence-electron chi connectivity index (χ4n) is 1.31. The fourth-order valence-corrected chi connectivity index (χ4v) is 1.80. The number of hydrogen-bond acceptors (Lipinski definition) is 4. The van der Waals surface area contributed by atoms with Crippen molar-refractivity contribution in [2.75, 3.05) is 24.8 Å². The highest BCUT2D eigenvalue weighted by molar-refractivity contribution is 9.10. The molecule has 0 radical (unpaired) electrons.